The maximum absolute atomic E-state index is 11.6. The fourth-order valence-corrected chi connectivity index (χ4v) is 1.46. The van der Waals surface area contributed by atoms with Gasteiger partial charge in [0.05, 0.1) is 7.05 Å². The number of nitrogens with one attached hydrogen (secondary N) is 1. The van der Waals surface area contributed by atoms with Gasteiger partial charge in [-0.1, -0.05) is 17.2 Å². The Kier molecular flexibility index (Phi) is 3.52. The average molecular weight is 246 g/mol. The Morgan fingerprint density at radius 2 is 2.11 bits per heavy atom. The molecule has 1 aromatic heterocycles. The van der Waals surface area contributed by atoms with Crippen molar-refractivity contribution in [3.05, 3.63) is 29.8 Å². The number of benzene rings is 1. The Hall–Kier alpha value is -2.44. The third-order valence-corrected chi connectivity index (χ3v) is 2.38. The van der Waals surface area contributed by atoms with Crippen LogP contribution in [0.15, 0.2) is 24.3 Å². The molecule has 0 atom stereocenters. The van der Waals surface area contributed by atoms with E-state index in [0.29, 0.717) is 18.5 Å². The number of aromatic nitrogens is 4. The van der Waals surface area contributed by atoms with Gasteiger partial charge in [0.1, 0.15) is 0 Å². The van der Waals surface area contributed by atoms with E-state index in [1.807, 2.05) is 24.3 Å². The van der Waals surface area contributed by atoms with E-state index in [-0.39, 0.29) is 11.9 Å². The molecule has 0 saturated heterocycles. The van der Waals surface area contributed by atoms with Gasteiger partial charge in [-0.15, -0.1) is 5.10 Å². The van der Waals surface area contributed by atoms with Crippen LogP contribution in [0, 0.1) is 0 Å². The van der Waals surface area contributed by atoms with Crippen LogP contribution in [0.2, 0.25) is 0 Å². The van der Waals surface area contributed by atoms with Crippen molar-refractivity contribution in [3.8, 4) is 0 Å². The van der Waals surface area contributed by atoms with Crippen molar-refractivity contribution in [1.82, 2.24) is 20.2 Å². The number of aryl methyl sites for hydroxylation is 2. The van der Waals surface area contributed by atoms with Crippen molar-refractivity contribution >= 4 is 17.5 Å². The van der Waals surface area contributed by atoms with Gasteiger partial charge in [0.2, 0.25) is 5.91 Å². The molecule has 0 fully saturated rings. The van der Waals surface area contributed by atoms with E-state index in [1.165, 1.54) is 4.80 Å². The van der Waals surface area contributed by atoms with E-state index in [0.717, 1.165) is 5.56 Å². The smallest absolute Gasteiger partial charge is 0.270 e. The Balaban J connectivity index is 1.83. The first-order valence-corrected chi connectivity index (χ1v) is 5.52. The SMILES string of the molecule is Cn1nnc(NC(=O)CCc2ccc(N)cc2)n1. The number of hydrogen-bond donors (Lipinski definition) is 2. The Morgan fingerprint density at radius 1 is 1.39 bits per heavy atom. The molecular weight excluding hydrogens is 232 g/mol. The fourth-order valence-electron chi connectivity index (χ4n) is 1.46. The molecule has 3 N–H and O–H groups in total. The molecule has 0 saturated carbocycles. The topological polar surface area (TPSA) is 98.7 Å². The lowest BCUT2D eigenvalue weighted by molar-refractivity contribution is -0.116. The standard InChI is InChI=1S/C11H14N6O/c1-17-15-11(14-16-17)13-10(18)7-4-8-2-5-9(12)6-3-8/h2-3,5-6H,4,7,12H2,1H3,(H,13,15,18). The van der Waals surface area contributed by atoms with Crippen LogP contribution in [0.1, 0.15) is 12.0 Å². The monoisotopic (exact) mass is 246 g/mol. The molecule has 94 valence electrons. The summed E-state index contributed by atoms with van der Waals surface area (Å²) < 4.78 is 0. The highest BCUT2D eigenvalue weighted by Gasteiger charge is 2.06. The second-order valence-corrected chi connectivity index (χ2v) is 3.89. The molecule has 7 nitrogen and oxygen atoms in total. The molecule has 0 aliphatic heterocycles. The zero-order valence-corrected chi connectivity index (χ0v) is 10.00. The van der Waals surface area contributed by atoms with Crippen LogP contribution in [0.3, 0.4) is 0 Å². The number of nitrogen functional groups attached to an aromatic ring is 1. The first-order valence-electron chi connectivity index (χ1n) is 5.52. The molecule has 18 heavy (non-hydrogen) atoms. The van der Waals surface area contributed by atoms with Crippen LogP contribution in [0.4, 0.5) is 11.6 Å². The lowest BCUT2D eigenvalue weighted by Crippen LogP contribution is -2.13. The van der Waals surface area contributed by atoms with Crippen molar-refractivity contribution < 1.29 is 4.79 Å². The van der Waals surface area contributed by atoms with Gasteiger partial charge in [-0.3, -0.25) is 10.1 Å². The highest BCUT2D eigenvalue weighted by atomic mass is 16.1. The van der Waals surface area contributed by atoms with Gasteiger partial charge in [0.25, 0.3) is 5.95 Å². The summed E-state index contributed by atoms with van der Waals surface area (Å²) in [7, 11) is 1.64. The van der Waals surface area contributed by atoms with Crippen LogP contribution in [0.25, 0.3) is 0 Å². The summed E-state index contributed by atoms with van der Waals surface area (Å²) in [6, 6.07) is 7.45. The number of hydrogen-bond acceptors (Lipinski definition) is 5. The summed E-state index contributed by atoms with van der Waals surface area (Å²) in [5.74, 6) is 0.0830. The highest BCUT2D eigenvalue weighted by molar-refractivity contribution is 5.88. The minimum Gasteiger partial charge on any atom is -0.399 e. The van der Waals surface area contributed by atoms with E-state index >= 15 is 0 Å². The molecule has 0 unspecified atom stereocenters. The lowest BCUT2D eigenvalue weighted by Gasteiger charge is -2.02. The largest absolute Gasteiger partial charge is 0.399 e. The summed E-state index contributed by atoms with van der Waals surface area (Å²) in [6.45, 7) is 0. The Labute approximate surface area is 104 Å². The fraction of sp³-hybridized carbons (Fsp3) is 0.273. The first kappa shape index (κ1) is 12.0. The summed E-state index contributed by atoms with van der Waals surface area (Å²) in [4.78, 5) is 12.9. The molecule has 7 heteroatoms. The van der Waals surface area contributed by atoms with E-state index in [2.05, 4.69) is 20.7 Å². The van der Waals surface area contributed by atoms with Gasteiger partial charge in [0.15, 0.2) is 0 Å². The predicted molar refractivity (Wildman–Crippen MR) is 66.6 cm³/mol. The molecular formula is C11H14N6O. The van der Waals surface area contributed by atoms with Crippen LogP contribution < -0.4 is 11.1 Å². The van der Waals surface area contributed by atoms with Crippen LogP contribution in [-0.4, -0.2) is 26.1 Å². The van der Waals surface area contributed by atoms with Gasteiger partial charge < -0.3 is 5.73 Å². The summed E-state index contributed by atoms with van der Waals surface area (Å²) >= 11 is 0. The molecule has 0 bridgehead atoms. The van der Waals surface area contributed by atoms with E-state index in [4.69, 9.17) is 5.73 Å². The van der Waals surface area contributed by atoms with Gasteiger partial charge in [-0.25, -0.2) is 0 Å². The number of nitrogens with zero attached hydrogens (tertiary/aromatic N) is 4. The molecule has 1 aromatic carbocycles. The molecule has 0 aliphatic carbocycles. The van der Waals surface area contributed by atoms with Crippen molar-refractivity contribution in [2.45, 2.75) is 12.8 Å². The van der Waals surface area contributed by atoms with E-state index < -0.39 is 0 Å². The maximum Gasteiger partial charge on any atom is 0.270 e. The minimum absolute atomic E-state index is 0.139. The molecule has 0 aliphatic rings. The number of amides is 1. The quantitative estimate of drug-likeness (QED) is 0.759. The third-order valence-electron chi connectivity index (χ3n) is 2.38. The number of nitrogens with two attached hydrogens (primary N) is 1. The molecule has 2 aromatic rings. The maximum atomic E-state index is 11.6. The first-order chi connectivity index (χ1) is 8.63. The second-order valence-electron chi connectivity index (χ2n) is 3.89. The zero-order chi connectivity index (χ0) is 13.0. The number of carbonyl (C=O) groups is 1. The summed E-state index contributed by atoms with van der Waals surface area (Å²) in [6.07, 6.45) is 1.01. The number of anilines is 2. The molecule has 0 radical (unpaired) electrons. The van der Waals surface area contributed by atoms with Crippen molar-refractivity contribution in [2.24, 2.45) is 7.05 Å². The second kappa shape index (κ2) is 5.26. The average Bonchev–Trinajstić information content (AvgIpc) is 2.74. The zero-order valence-electron chi connectivity index (χ0n) is 10.00. The Morgan fingerprint density at radius 3 is 2.72 bits per heavy atom. The van der Waals surface area contributed by atoms with Crippen LogP contribution in [-0.2, 0) is 18.3 Å². The van der Waals surface area contributed by atoms with Crippen LogP contribution in [0.5, 0.6) is 0 Å². The van der Waals surface area contributed by atoms with Crippen molar-refractivity contribution in [1.29, 1.82) is 0 Å². The summed E-state index contributed by atoms with van der Waals surface area (Å²) in [5.41, 5.74) is 7.36. The predicted octanol–water partition coefficient (Wildman–Crippen LogP) is 0.364. The van der Waals surface area contributed by atoms with Gasteiger partial charge in [-0.05, 0) is 29.3 Å². The lowest BCUT2D eigenvalue weighted by atomic mass is 10.1. The van der Waals surface area contributed by atoms with Gasteiger partial charge in [0, 0.05) is 12.1 Å². The number of rotatable bonds is 4. The highest BCUT2D eigenvalue weighted by Crippen LogP contribution is 2.08. The summed E-state index contributed by atoms with van der Waals surface area (Å²) in [5, 5.41) is 13.7. The number of carbonyl (C=O) groups excluding carboxylic acids is 1. The van der Waals surface area contributed by atoms with Crippen molar-refractivity contribution in [2.75, 3.05) is 11.1 Å². The van der Waals surface area contributed by atoms with E-state index in [9.17, 15) is 4.79 Å². The molecule has 1 amide bonds. The molecule has 1 heterocycles. The number of tetrazole rings is 1. The van der Waals surface area contributed by atoms with E-state index in [1.54, 1.807) is 7.05 Å². The van der Waals surface area contributed by atoms with Crippen LogP contribution >= 0.6 is 0 Å². The minimum atomic E-state index is -0.139. The third kappa shape index (κ3) is 3.27. The van der Waals surface area contributed by atoms with Crippen molar-refractivity contribution in [3.63, 3.8) is 0 Å². The molecule has 0 spiro atoms. The van der Waals surface area contributed by atoms with Gasteiger partial charge >= 0.3 is 0 Å². The Bertz CT molecular complexity index is 533. The normalized spacial score (nSPS) is 10.3. The van der Waals surface area contributed by atoms with Gasteiger partial charge in [-0.2, -0.15) is 4.80 Å². The molecule has 2 rings (SSSR count).